The molecule has 4 aromatic carbocycles. The first kappa shape index (κ1) is 27.4. The zero-order chi connectivity index (χ0) is 27.4. The van der Waals surface area contributed by atoms with E-state index in [0.717, 1.165) is 48.0 Å². The van der Waals surface area contributed by atoms with Gasteiger partial charge in [-0.1, -0.05) is 90.8 Å². The summed E-state index contributed by atoms with van der Waals surface area (Å²) in [5.74, 6) is 0.765. The predicted molar refractivity (Wildman–Crippen MR) is 165 cm³/mol. The number of primary amides is 1. The third-order valence-electron chi connectivity index (χ3n) is 8.07. The van der Waals surface area contributed by atoms with Gasteiger partial charge in [-0.2, -0.15) is 0 Å². The maximum absolute atomic E-state index is 12.8. The Bertz CT molecular complexity index is 1430. The molecule has 1 fully saturated rings. The van der Waals surface area contributed by atoms with Crippen molar-refractivity contribution < 1.29 is 4.79 Å². The van der Waals surface area contributed by atoms with Gasteiger partial charge in [0.25, 0.3) is 0 Å². The smallest absolute Gasteiger partial charge is 0.319 e. The Labute approximate surface area is 241 Å². The standard InChI is InChI=1S/C33H35Cl2N3O/c1-2-25(26-12-13-29(34)30(35)21-26)22-38(33(36)39)32-15-14-31(27-10-6-7-11-28(27)32)37-18-16-24(17-19-37)20-23-8-4-3-5-9-23/h3-15,21,24-25H,2,16-20,22H2,1H3,(H2,36,39). The number of carbonyl (C=O) groups is 1. The molecule has 1 atom stereocenters. The minimum Gasteiger partial charge on any atom is -0.371 e. The molecule has 6 heteroatoms. The second kappa shape index (κ2) is 12.3. The molecule has 0 aliphatic carbocycles. The van der Waals surface area contributed by atoms with E-state index in [1.54, 1.807) is 4.90 Å². The van der Waals surface area contributed by atoms with Crippen molar-refractivity contribution in [2.24, 2.45) is 11.7 Å². The fourth-order valence-corrected chi connectivity index (χ4v) is 6.17. The van der Waals surface area contributed by atoms with Crippen LogP contribution >= 0.6 is 23.2 Å². The lowest BCUT2D eigenvalue weighted by Crippen LogP contribution is -2.39. The van der Waals surface area contributed by atoms with Crippen molar-refractivity contribution >= 4 is 51.4 Å². The summed E-state index contributed by atoms with van der Waals surface area (Å²) < 4.78 is 0. The Morgan fingerprint density at radius 1 is 0.923 bits per heavy atom. The molecule has 0 bridgehead atoms. The Kier molecular flexibility index (Phi) is 8.64. The number of piperidine rings is 1. The molecule has 2 N–H and O–H groups in total. The van der Waals surface area contributed by atoms with Gasteiger partial charge in [-0.15, -0.1) is 0 Å². The van der Waals surface area contributed by atoms with Crippen molar-refractivity contribution in [3.05, 3.63) is 106 Å². The lowest BCUT2D eigenvalue weighted by atomic mass is 9.89. The number of nitrogens with two attached hydrogens (primary N) is 1. The zero-order valence-electron chi connectivity index (χ0n) is 22.3. The molecule has 1 heterocycles. The van der Waals surface area contributed by atoms with Gasteiger partial charge in [0.2, 0.25) is 0 Å². The zero-order valence-corrected chi connectivity index (χ0v) is 23.8. The first-order valence-corrected chi connectivity index (χ1v) is 14.5. The van der Waals surface area contributed by atoms with E-state index in [1.807, 2.05) is 24.3 Å². The molecule has 0 spiro atoms. The van der Waals surface area contributed by atoms with Crippen molar-refractivity contribution in [3.8, 4) is 0 Å². The Balaban J connectivity index is 1.39. The van der Waals surface area contributed by atoms with E-state index in [4.69, 9.17) is 28.9 Å². The third kappa shape index (κ3) is 6.18. The van der Waals surface area contributed by atoms with Crippen LogP contribution < -0.4 is 15.5 Å². The Morgan fingerprint density at radius 2 is 1.62 bits per heavy atom. The van der Waals surface area contributed by atoms with E-state index in [1.165, 1.54) is 24.1 Å². The van der Waals surface area contributed by atoms with Crippen molar-refractivity contribution in [1.29, 1.82) is 0 Å². The minimum absolute atomic E-state index is 0.0642. The van der Waals surface area contributed by atoms with Gasteiger partial charge in [-0.3, -0.25) is 4.90 Å². The van der Waals surface area contributed by atoms with Crippen LogP contribution in [0, 0.1) is 5.92 Å². The monoisotopic (exact) mass is 559 g/mol. The van der Waals surface area contributed by atoms with E-state index in [0.29, 0.717) is 22.5 Å². The molecule has 0 radical (unpaired) electrons. The summed E-state index contributed by atoms with van der Waals surface area (Å²) in [5, 5.41) is 3.21. The summed E-state index contributed by atoms with van der Waals surface area (Å²) in [6.45, 7) is 4.61. The van der Waals surface area contributed by atoms with Gasteiger partial charge in [0, 0.05) is 42.0 Å². The van der Waals surface area contributed by atoms with Crippen LogP contribution in [-0.4, -0.2) is 25.7 Å². The fourth-order valence-electron chi connectivity index (χ4n) is 5.87. The molecule has 5 rings (SSSR count). The number of hydrogen-bond acceptors (Lipinski definition) is 2. The summed E-state index contributed by atoms with van der Waals surface area (Å²) in [6, 6.07) is 28.5. The molecule has 0 aromatic heterocycles. The molecule has 0 saturated carbocycles. The number of fused-ring (bicyclic) bond motifs is 1. The number of rotatable bonds is 8. The number of amides is 2. The SMILES string of the molecule is CCC(CN(C(N)=O)c1ccc(N2CCC(Cc3ccccc3)CC2)c2ccccc12)c1ccc(Cl)c(Cl)c1. The molecular formula is C33H35Cl2N3O. The van der Waals surface area contributed by atoms with E-state index in [2.05, 4.69) is 72.5 Å². The second-order valence-corrected chi connectivity index (χ2v) is 11.3. The molecule has 1 saturated heterocycles. The lowest BCUT2D eigenvalue weighted by molar-refractivity contribution is 0.253. The van der Waals surface area contributed by atoms with Gasteiger partial charge in [0.15, 0.2) is 0 Å². The fraction of sp³-hybridized carbons (Fsp3) is 0.303. The van der Waals surface area contributed by atoms with Crippen molar-refractivity contribution in [2.45, 2.75) is 38.5 Å². The van der Waals surface area contributed by atoms with Gasteiger partial charge in [0.1, 0.15) is 0 Å². The van der Waals surface area contributed by atoms with Crippen LogP contribution in [0.3, 0.4) is 0 Å². The Hall–Kier alpha value is -3.21. The third-order valence-corrected chi connectivity index (χ3v) is 8.81. The maximum atomic E-state index is 12.8. The van der Waals surface area contributed by atoms with Crippen LogP contribution in [0.4, 0.5) is 16.2 Å². The molecule has 4 nitrogen and oxygen atoms in total. The number of halogens is 2. The summed E-state index contributed by atoms with van der Waals surface area (Å²) in [6.07, 6.45) is 4.30. The predicted octanol–water partition coefficient (Wildman–Crippen LogP) is 8.68. The van der Waals surface area contributed by atoms with Crippen LogP contribution in [0.25, 0.3) is 10.8 Å². The molecule has 2 amide bonds. The number of urea groups is 1. The van der Waals surface area contributed by atoms with E-state index < -0.39 is 6.03 Å². The lowest BCUT2D eigenvalue weighted by Gasteiger charge is -2.35. The first-order chi connectivity index (χ1) is 18.9. The average Bonchev–Trinajstić information content (AvgIpc) is 2.96. The largest absolute Gasteiger partial charge is 0.371 e. The van der Waals surface area contributed by atoms with Crippen molar-refractivity contribution in [3.63, 3.8) is 0 Å². The highest BCUT2D eigenvalue weighted by molar-refractivity contribution is 6.42. The summed E-state index contributed by atoms with van der Waals surface area (Å²) in [7, 11) is 0. The number of benzene rings is 4. The maximum Gasteiger partial charge on any atom is 0.319 e. The van der Waals surface area contributed by atoms with Crippen LogP contribution in [0.2, 0.25) is 10.0 Å². The van der Waals surface area contributed by atoms with Gasteiger partial charge < -0.3 is 10.6 Å². The average molecular weight is 561 g/mol. The topological polar surface area (TPSA) is 49.6 Å². The van der Waals surface area contributed by atoms with E-state index in [-0.39, 0.29) is 5.92 Å². The number of anilines is 2. The van der Waals surface area contributed by atoms with Gasteiger partial charge in [0.05, 0.1) is 15.7 Å². The van der Waals surface area contributed by atoms with Crippen LogP contribution in [0.15, 0.2) is 84.9 Å². The van der Waals surface area contributed by atoms with Crippen LogP contribution in [0.1, 0.15) is 43.2 Å². The summed E-state index contributed by atoms with van der Waals surface area (Å²) in [5.41, 5.74) is 10.5. The van der Waals surface area contributed by atoms with E-state index in [9.17, 15) is 4.79 Å². The molecule has 39 heavy (non-hydrogen) atoms. The first-order valence-electron chi connectivity index (χ1n) is 13.8. The van der Waals surface area contributed by atoms with Gasteiger partial charge >= 0.3 is 6.03 Å². The molecule has 1 unspecified atom stereocenters. The second-order valence-electron chi connectivity index (χ2n) is 10.5. The van der Waals surface area contributed by atoms with E-state index >= 15 is 0 Å². The normalized spacial score (nSPS) is 14.9. The summed E-state index contributed by atoms with van der Waals surface area (Å²) in [4.78, 5) is 17.0. The summed E-state index contributed by atoms with van der Waals surface area (Å²) >= 11 is 12.5. The molecule has 1 aliphatic rings. The highest BCUT2D eigenvalue weighted by atomic mass is 35.5. The Morgan fingerprint density at radius 3 is 2.28 bits per heavy atom. The van der Waals surface area contributed by atoms with Crippen LogP contribution in [-0.2, 0) is 6.42 Å². The number of hydrogen-bond donors (Lipinski definition) is 1. The number of nitrogens with zero attached hydrogens (tertiary/aromatic N) is 2. The molecule has 1 aliphatic heterocycles. The van der Waals surface area contributed by atoms with Crippen LogP contribution in [0.5, 0.6) is 0 Å². The van der Waals surface area contributed by atoms with Gasteiger partial charge in [-0.05, 0) is 67.0 Å². The minimum atomic E-state index is -0.465. The molecule has 4 aromatic rings. The highest BCUT2D eigenvalue weighted by Gasteiger charge is 2.25. The van der Waals surface area contributed by atoms with Crippen molar-refractivity contribution in [2.75, 3.05) is 29.4 Å². The number of carbonyl (C=O) groups excluding carboxylic acids is 1. The highest BCUT2D eigenvalue weighted by Crippen LogP contribution is 2.38. The quantitative estimate of drug-likeness (QED) is 0.234. The molecule has 202 valence electrons. The van der Waals surface area contributed by atoms with Crippen molar-refractivity contribution in [1.82, 2.24) is 0 Å². The molecular weight excluding hydrogens is 525 g/mol. The van der Waals surface area contributed by atoms with Gasteiger partial charge in [-0.25, -0.2) is 4.79 Å².